The van der Waals surface area contributed by atoms with Gasteiger partial charge in [-0.05, 0) is 43.3 Å². The Bertz CT molecular complexity index is 964. The molecular formula is C20H17ClN4OS. The van der Waals surface area contributed by atoms with E-state index in [1.165, 1.54) is 11.8 Å². The van der Waals surface area contributed by atoms with Crippen molar-refractivity contribution in [3.63, 3.8) is 0 Å². The van der Waals surface area contributed by atoms with Gasteiger partial charge in [0, 0.05) is 16.3 Å². The normalized spacial score (nSPS) is 11.6. The highest BCUT2D eigenvalue weighted by Gasteiger charge is 2.21. The topological polar surface area (TPSA) is 59.8 Å². The van der Waals surface area contributed by atoms with Crippen LogP contribution in [0.25, 0.3) is 17.1 Å². The van der Waals surface area contributed by atoms with E-state index in [4.69, 9.17) is 18.0 Å². The summed E-state index contributed by atoms with van der Waals surface area (Å²) >= 11 is 7.33. The lowest BCUT2D eigenvalue weighted by atomic mass is 10.2. The average molecular weight is 397 g/mol. The van der Waals surface area contributed by atoms with Gasteiger partial charge in [0.2, 0.25) is 5.91 Å². The Kier molecular flexibility index (Phi) is 6.17. The van der Waals surface area contributed by atoms with E-state index in [0.29, 0.717) is 16.0 Å². The smallest absolute Gasteiger partial charge is 0.234 e. The summed E-state index contributed by atoms with van der Waals surface area (Å²) in [4.78, 5) is 12.2. The Hall–Kier alpha value is -2.75. The zero-order chi connectivity index (χ0) is 19.2. The minimum atomic E-state index is -0.372. The molecule has 1 unspecified atom stereocenters. The van der Waals surface area contributed by atoms with E-state index in [1.54, 1.807) is 0 Å². The van der Waals surface area contributed by atoms with Crippen molar-refractivity contribution in [2.75, 3.05) is 6.54 Å². The summed E-state index contributed by atoms with van der Waals surface area (Å²) in [6, 6.07) is 17.2. The third-order valence-electron chi connectivity index (χ3n) is 3.77. The Balaban J connectivity index is 1.98. The maximum absolute atomic E-state index is 12.2. The summed E-state index contributed by atoms with van der Waals surface area (Å²) in [6.45, 7) is 2.01. The van der Waals surface area contributed by atoms with Crippen LogP contribution in [0.15, 0.2) is 59.8 Å². The van der Waals surface area contributed by atoms with Crippen LogP contribution in [0, 0.1) is 12.3 Å². The molecular weight excluding hydrogens is 380 g/mol. The lowest BCUT2D eigenvalue weighted by Crippen LogP contribution is -2.31. The Morgan fingerprint density at radius 2 is 1.93 bits per heavy atom. The molecule has 1 heterocycles. The van der Waals surface area contributed by atoms with Crippen LogP contribution in [0.1, 0.15) is 6.92 Å². The Morgan fingerprint density at radius 1 is 1.22 bits per heavy atom. The van der Waals surface area contributed by atoms with Crippen LogP contribution in [0.3, 0.4) is 0 Å². The summed E-state index contributed by atoms with van der Waals surface area (Å²) in [5.41, 5.74) is 1.79. The van der Waals surface area contributed by atoms with Gasteiger partial charge in [0.15, 0.2) is 11.0 Å². The summed E-state index contributed by atoms with van der Waals surface area (Å²) < 4.78 is 1.93. The molecule has 2 aromatic carbocycles. The molecule has 0 aliphatic carbocycles. The number of hydrogen-bond acceptors (Lipinski definition) is 4. The summed E-state index contributed by atoms with van der Waals surface area (Å²) in [7, 11) is 0. The van der Waals surface area contributed by atoms with Crippen LogP contribution < -0.4 is 5.32 Å². The highest BCUT2D eigenvalue weighted by atomic mass is 35.5. The fourth-order valence-electron chi connectivity index (χ4n) is 2.44. The molecule has 3 rings (SSSR count). The molecule has 5 nitrogen and oxygen atoms in total. The van der Waals surface area contributed by atoms with Crippen molar-refractivity contribution >= 4 is 29.3 Å². The molecule has 0 fully saturated rings. The van der Waals surface area contributed by atoms with Gasteiger partial charge in [0.05, 0.1) is 11.8 Å². The molecule has 3 aromatic rings. The van der Waals surface area contributed by atoms with Gasteiger partial charge in [-0.2, -0.15) is 0 Å². The number of halogens is 1. The second-order valence-corrected chi connectivity index (χ2v) is 7.41. The predicted molar refractivity (Wildman–Crippen MR) is 109 cm³/mol. The molecule has 0 saturated carbocycles. The molecule has 0 radical (unpaired) electrons. The Morgan fingerprint density at radius 3 is 2.59 bits per heavy atom. The van der Waals surface area contributed by atoms with Gasteiger partial charge in [0.25, 0.3) is 0 Å². The van der Waals surface area contributed by atoms with Crippen LogP contribution in [0.5, 0.6) is 0 Å². The summed E-state index contributed by atoms with van der Waals surface area (Å²) in [6.07, 6.45) is 5.20. The van der Waals surface area contributed by atoms with E-state index in [-0.39, 0.29) is 17.7 Å². The van der Waals surface area contributed by atoms with Crippen molar-refractivity contribution in [2.24, 2.45) is 0 Å². The maximum Gasteiger partial charge on any atom is 0.234 e. The minimum Gasteiger partial charge on any atom is -0.344 e. The van der Waals surface area contributed by atoms with E-state index in [2.05, 4.69) is 21.4 Å². The number of nitrogens with zero attached hydrogens (tertiary/aromatic N) is 3. The minimum absolute atomic E-state index is 0.145. The van der Waals surface area contributed by atoms with Gasteiger partial charge in [-0.25, -0.2) is 0 Å². The molecule has 27 heavy (non-hydrogen) atoms. The molecule has 1 aromatic heterocycles. The zero-order valence-electron chi connectivity index (χ0n) is 14.6. The molecule has 0 saturated heterocycles. The predicted octanol–water partition coefficient (Wildman–Crippen LogP) is 3.82. The van der Waals surface area contributed by atoms with Gasteiger partial charge in [-0.3, -0.25) is 9.36 Å². The van der Waals surface area contributed by atoms with Gasteiger partial charge in [-0.1, -0.05) is 47.5 Å². The van der Waals surface area contributed by atoms with Crippen molar-refractivity contribution in [1.82, 2.24) is 20.1 Å². The number of benzene rings is 2. The number of hydrogen-bond donors (Lipinski definition) is 1. The highest BCUT2D eigenvalue weighted by molar-refractivity contribution is 8.00. The number of terminal acetylenes is 1. The average Bonchev–Trinajstić information content (AvgIpc) is 3.10. The molecule has 0 aliphatic rings. The molecule has 1 N–H and O–H groups in total. The number of thioether (sulfide) groups is 1. The van der Waals surface area contributed by atoms with Crippen LogP contribution in [0.2, 0.25) is 5.02 Å². The van der Waals surface area contributed by atoms with Crippen LogP contribution >= 0.6 is 23.4 Å². The molecule has 1 atom stereocenters. The van der Waals surface area contributed by atoms with Crippen LogP contribution in [-0.4, -0.2) is 32.5 Å². The van der Waals surface area contributed by atoms with Crippen molar-refractivity contribution in [3.8, 4) is 29.4 Å². The molecule has 136 valence electrons. The fourth-order valence-corrected chi connectivity index (χ4v) is 3.45. The summed E-state index contributed by atoms with van der Waals surface area (Å²) in [5, 5.41) is 12.3. The molecule has 7 heteroatoms. The van der Waals surface area contributed by atoms with Crippen molar-refractivity contribution in [2.45, 2.75) is 17.3 Å². The van der Waals surface area contributed by atoms with Crippen LogP contribution in [0.4, 0.5) is 0 Å². The molecule has 0 aliphatic heterocycles. The van der Waals surface area contributed by atoms with Gasteiger partial charge >= 0.3 is 0 Å². The van der Waals surface area contributed by atoms with Crippen LogP contribution in [-0.2, 0) is 4.79 Å². The number of para-hydroxylation sites is 1. The summed E-state index contributed by atoms with van der Waals surface area (Å²) in [5.74, 6) is 2.93. The second kappa shape index (κ2) is 8.76. The number of rotatable bonds is 6. The SMILES string of the molecule is C#CCNC(=O)C(C)Sc1nnc(-c2ccc(Cl)cc2)n1-c1ccccc1. The standard InChI is InChI=1S/C20H17ClN4OS/c1-3-13-22-19(26)14(2)27-20-24-23-18(15-9-11-16(21)12-10-15)25(20)17-7-5-4-6-8-17/h1,4-12,14H,13H2,2H3,(H,22,26). The monoisotopic (exact) mass is 396 g/mol. The van der Waals surface area contributed by atoms with E-state index in [1.807, 2.05) is 66.1 Å². The van der Waals surface area contributed by atoms with Gasteiger partial charge in [0.1, 0.15) is 0 Å². The number of nitrogens with one attached hydrogen (secondary N) is 1. The first-order valence-corrected chi connectivity index (χ1v) is 9.50. The van der Waals surface area contributed by atoms with E-state index in [0.717, 1.165) is 11.3 Å². The molecule has 1 amide bonds. The largest absolute Gasteiger partial charge is 0.344 e. The first-order valence-electron chi connectivity index (χ1n) is 8.24. The third-order valence-corrected chi connectivity index (χ3v) is 5.06. The zero-order valence-corrected chi connectivity index (χ0v) is 16.2. The van der Waals surface area contributed by atoms with Gasteiger partial charge < -0.3 is 5.32 Å². The lowest BCUT2D eigenvalue weighted by molar-refractivity contribution is -0.120. The first kappa shape index (κ1) is 19.0. The van der Waals surface area contributed by atoms with E-state index >= 15 is 0 Å². The van der Waals surface area contributed by atoms with Crippen molar-refractivity contribution < 1.29 is 4.79 Å². The van der Waals surface area contributed by atoms with Gasteiger partial charge in [-0.15, -0.1) is 16.6 Å². The van der Waals surface area contributed by atoms with E-state index < -0.39 is 0 Å². The number of aromatic nitrogens is 3. The number of amides is 1. The number of carbonyl (C=O) groups excluding carboxylic acids is 1. The highest BCUT2D eigenvalue weighted by Crippen LogP contribution is 2.30. The Labute approximate surface area is 167 Å². The van der Waals surface area contributed by atoms with Crippen molar-refractivity contribution in [3.05, 3.63) is 59.6 Å². The number of carbonyl (C=O) groups is 1. The second-order valence-electron chi connectivity index (χ2n) is 5.67. The fraction of sp³-hybridized carbons (Fsp3) is 0.150. The molecule has 0 spiro atoms. The molecule has 0 bridgehead atoms. The quantitative estimate of drug-likeness (QED) is 0.508. The van der Waals surface area contributed by atoms with E-state index in [9.17, 15) is 4.79 Å². The maximum atomic E-state index is 12.2. The van der Waals surface area contributed by atoms with Crippen molar-refractivity contribution in [1.29, 1.82) is 0 Å². The lowest BCUT2D eigenvalue weighted by Gasteiger charge is -2.13. The first-order chi connectivity index (χ1) is 13.1. The third kappa shape index (κ3) is 4.51.